The van der Waals surface area contributed by atoms with Crippen molar-refractivity contribution >= 4 is 17.3 Å². The van der Waals surface area contributed by atoms with Crippen molar-refractivity contribution in [2.24, 2.45) is 0 Å². The molecule has 0 heterocycles. The molecule has 0 unspecified atom stereocenters. The molecule has 3 aromatic rings. The molecule has 2 N–H and O–H groups in total. The van der Waals surface area contributed by atoms with E-state index >= 15 is 0 Å². The lowest BCUT2D eigenvalue weighted by atomic mass is 10.1. The van der Waals surface area contributed by atoms with Crippen LogP contribution >= 0.6 is 0 Å². The summed E-state index contributed by atoms with van der Waals surface area (Å²) in [5.41, 5.74) is 5.33. The molecule has 0 aliphatic carbocycles. The summed E-state index contributed by atoms with van der Waals surface area (Å²) in [5, 5.41) is 6.04. The minimum absolute atomic E-state index is 0.0774. The van der Waals surface area contributed by atoms with E-state index in [0.717, 1.165) is 29.1 Å². The molecule has 0 bridgehead atoms. The van der Waals surface area contributed by atoms with Crippen LogP contribution in [0.25, 0.3) is 0 Å². The normalized spacial score (nSPS) is 10.4. The molecule has 0 atom stereocenters. The third-order valence-electron chi connectivity index (χ3n) is 4.60. The van der Waals surface area contributed by atoms with Crippen LogP contribution in [-0.2, 0) is 11.2 Å². The van der Waals surface area contributed by atoms with Gasteiger partial charge in [-0.3, -0.25) is 4.79 Å². The van der Waals surface area contributed by atoms with Crippen LogP contribution in [0.3, 0.4) is 0 Å². The highest BCUT2D eigenvalue weighted by atomic mass is 16.5. The summed E-state index contributed by atoms with van der Waals surface area (Å²) in [6.07, 6.45) is 0.875. The fourth-order valence-corrected chi connectivity index (χ4v) is 2.81. The highest BCUT2D eigenvalue weighted by Gasteiger charge is 2.04. The predicted octanol–water partition coefficient (Wildman–Crippen LogP) is 4.98. The average Bonchev–Trinajstić information content (AvgIpc) is 2.71. The standard InChI is InChI=1S/C24H26N2O2/c1-18-8-9-22(16-19(18)2)26-24(27)17-25-21-10-12-23(13-11-21)28-15-14-20-6-4-3-5-7-20/h3-13,16,25H,14-15,17H2,1-2H3,(H,26,27). The van der Waals surface area contributed by atoms with Crippen molar-refractivity contribution in [2.45, 2.75) is 20.3 Å². The number of hydrogen-bond donors (Lipinski definition) is 2. The third-order valence-corrected chi connectivity index (χ3v) is 4.60. The molecule has 1 amide bonds. The van der Waals surface area contributed by atoms with Crippen molar-refractivity contribution in [1.82, 2.24) is 0 Å². The van der Waals surface area contributed by atoms with Crippen LogP contribution < -0.4 is 15.4 Å². The van der Waals surface area contributed by atoms with Gasteiger partial charge in [-0.05, 0) is 66.9 Å². The molecule has 0 saturated carbocycles. The zero-order valence-corrected chi connectivity index (χ0v) is 16.4. The lowest BCUT2D eigenvalue weighted by molar-refractivity contribution is -0.114. The van der Waals surface area contributed by atoms with E-state index in [4.69, 9.17) is 4.74 Å². The van der Waals surface area contributed by atoms with Crippen molar-refractivity contribution in [2.75, 3.05) is 23.8 Å². The molecule has 0 saturated heterocycles. The molecule has 0 aliphatic rings. The summed E-state index contributed by atoms with van der Waals surface area (Å²) in [4.78, 5) is 12.1. The molecule has 0 radical (unpaired) electrons. The van der Waals surface area contributed by atoms with E-state index in [2.05, 4.69) is 29.7 Å². The van der Waals surface area contributed by atoms with Crippen molar-refractivity contribution in [3.63, 3.8) is 0 Å². The monoisotopic (exact) mass is 374 g/mol. The predicted molar refractivity (Wildman–Crippen MR) is 115 cm³/mol. The molecule has 0 aromatic heterocycles. The van der Waals surface area contributed by atoms with E-state index in [1.807, 2.05) is 67.6 Å². The van der Waals surface area contributed by atoms with Crippen molar-refractivity contribution < 1.29 is 9.53 Å². The van der Waals surface area contributed by atoms with Crippen LogP contribution in [0.5, 0.6) is 5.75 Å². The zero-order valence-electron chi connectivity index (χ0n) is 16.4. The minimum atomic E-state index is -0.0774. The average molecular weight is 374 g/mol. The van der Waals surface area contributed by atoms with Crippen LogP contribution in [0, 0.1) is 13.8 Å². The van der Waals surface area contributed by atoms with Crippen LogP contribution in [-0.4, -0.2) is 19.1 Å². The maximum absolute atomic E-state index is 12.1. The van der Waals surface area contributed by atoms with Gasteiger partial charge in [0, 0.05) is 17.8 Å². The van der Waals surface area contributed by atoms with E-state index in [-0.39, 0.29) is 12.5 Å². The summed E-state index contributed by atoms with van der Waals surface area (Å²) in [6, 6.07) is 23.8. The second-order valence-corrected chi connectivity index (χ2v) is 6.81. The Labute approximate surface area is 166 Å². The Hall–Kier alpha value is -3.27. The largest absolute Gasteiger partial charge is 0.493 e. The van der Waals surface area contributed by atoms with Crippen molar-refractivity contribution in [1.29, 1.82) is 0 Å². The Bertz CT molecular complexity index is 906. The summed E-state index contributed by atoms with van der Waals surface area (Å²) in [6.45, 7) is 4.93. The van der Waals surface area contributed by atoms with E-state index in [0.29, 0.717) is 6.61 Å². The highest BCUT2D eigenvalue weighted by molar-refractivity contribution is 5.93. The van der Waals surface area contributed by atoms with Gasteiger partial charge in [0.15, 0.2) is 0 Å². The van der Waals surface area contributed by atoms with E-state index < -0.39 is 0 Å². The highest BCUT2D eigenvalue weighted by Crippen LogP contribution is 2.17. The Morgan fingerprint density at radius 2 is 1.57 bits per heavy atom. The molecule has 4 nitrogen and oxygen atoms in total. The second-order valence-electron chi connectivity index (χ2n) is 6.81. The first-order chi connectivity index (χ1) is 13.6. The number of rotatable bonds is 8. The van der Waals surface area contributed by atoms with Crippen LogP contribution in [0.4, 0.5) is 11.4 Å². The van der Waals surface area contributed by atoms with E-state index in [9.17, 15) is 4.79 Å². The first-order valence-electron chi connectivity index (χ1n) is 9.48. The Morgan fingerprint density at radius 3 is 2.29 bits per heavy atom. The summed E-state index contributed by atoms with van der Waals surface area (Å²) in [5.74, 6) is 0.743. The van der Waals surface area contributed by atoms with Crippen LogP contribution in [0.1, 0.15) is 16.7 Å². The topological polar surface area (TPSA) is 50.4 Å². The number of anilines is 2. The minimum Gasteiger partial charge on any atom is -0.493 e. The van der Waals surface area contributed by atoms with E-state index in [1.54, 1.807) is 0 Å². The van der Waals surface area contributed by atoms with Gasteiger partial charge in [0.05, 0.1) is 13.2 Å². The number of nitrogens with one attached hydrogen (secondary N) is 2. The number of carbonyl (C=O) groups is 1. The zero-order chi connectivity index (χ0) is 19.8. The number of aryl methyl sites for hydroxylation is 2. The molecule has 0 aliphatic heterocycles. The van der Waals surface area contributed by atoms with E-state index in [1.165, 1.54) is 11.1 Å². The van der Waals surface area contributed by atoms with Gasteiger partial charge in [0.1, 0.15) is 5.75 Å². The van der Waals surface area contributed by atoms with Gasteiger partial charge >= 0.3 is 0 Å². The number of amides is 1. The Kier molecular flexibility index (Phi) is 6.68. The molecule has 0 fully saturated rings. The smallest absolute Gasteiger partial charge is 0.243 e. The second kappa shape index (κ2) is 9.60. The molecular formula is C24H26N2O2. The molecule has 3 aromatic carbocycles. The molecule has 28 heavy (non-hydrogen) atoms. The molecule has 3 rings (SSSR count). The first kappa shape index (κ1) is 19.5. The van der Waals surface area contributed by atoms with Crippen LogP contribution in [0.15, 0.2) is 72.8 Å². The van der Waals surface area contributed by atoms with Gasteiger partial charge in [-0.2, -0.15) is 0 Å². The van der Waals surface area contributed by atoms with Crippen molar-refractivity contribution in [3.05, 3.63) is 89.5 Å². The van der Waals surface area contributed by atoms with Gasteiger partial charge in [-0.15, -0.1) is 0 Å². The van der Waals surface area contributed by atoms with Crippen molar-refractivity contribution in [3.8, 4) is 5.75 Å². The summed E-state index contributed by atoms with van der Waals surface area (Å²) >= 11 is 0. The Balaban J connectivity index is 1.42. The fraction of sp³-hybridized carbons (Fsp3) is 0.208. The van der Waals surface area contributed by atoms with Gasteiger partial charge in [-0.25, -0.2) is 0 Å². The quantitative estimate of drug-likeness (QED) is 0.585. The molecule has 0 spiro atoms. The fourth-order valence-electron chi connectivity index (χ4n) is 2.81. The lowest BCUT2D eigenvalue weighted by Crippen LogP contribution is -2.21. The number of benzene rings is 3. The maximum atomic E-state index is 12.1. The van der Waals surface area contributed by atoms with Gasteiger partial charge in [-0.1, -0.05) is 36.4 Å². The first-order valence-corrected chi connectivity index (χ1v) is 9.48. The summed E-state index contributed by atoms with van der Waals surface area (Å²) in [7, 11) is 0. The SMILES string of the molecule is Cc1ccc(NC(=O)CNc2ccc(OCCc3ccccc3)cc2)cc1C. The third kappa shape index (κ3) is 5.88. The van der Waals surface area contributed by atoms with Gasteiger partial charge in [0.25, 0.3) is 0 Å². The molecular weight excluding hydrogens is 348 g/mol. The maximum Gasteiger partial charge on any atom is 0.243 e. The van der Waals surface area contributed by atoms with Gasteiger partial charge < -0.3 is 15.4 Å². The van der Waals surface area contributed by atoms with Crippen LogP contribution in [0.2, 0.25) is 0 Å². The number of hydrogen-bond acceptors (Lipinski definition) is 3. The molecule has 144 valence electrons. The lowest BCUT2D eigenvalue weighted by Gasteiger charge is -2.10. The Morgan fingerprint density at radius 1 is 0.857 bits per heavy atom. The molecule has 4 heteroatoms. The number of ether oxygens (including phenoxy) is 1. The summed E-state index contributed by atoms with van der Waals surface area (Å²) < 4.78 is 5.78. The van der Waals surface area contributed by atoms with Gasteiger partial charge in [0.2, 0.25) is 5.91 Å². The number of carbonyl (C=O) groups excluding carboxylic acids is 1.